The number of aryl methyl sites for hydroxylation is 2. The molecule has 0 spiro atoms. The molecule has 6 rings (SSSR count). The molecule has 0 radical (unpaired) electrons. The molecular weight excluding hydrogens is 808 g/mol. The Hall–Kier alpha value is -4.49. The summed E-state index contributed by atoms with van der Waals surface area (Å²) in [6.45, 7) is 7.74. The van der Waals surface area contributed by atoms with Gasteiger partial charge in [0.25, 0.3) is 20.0 Å². The topological polar surface area (TPSA) is 74.8 Å². The van der Waals surface area contributed by atoms with Crippen molar-refractivity contribution in [2.75, 3.05) is 21.7 Å². The van der Waals surface area contributed by atoms with Crippen LogP contribution < -0.4 is 8.61 Å². The first-order valence-electron chi connectivity index (χ1n) is 18.0. The number of nitrogens with zero attached hydrogens (tertiary/aromatic N) is 2. The summed E-state index contributed by atoms with van der Waals surface area (Å²) >= 11 is 0. The first-order chi connectivity index (χ1) is 26.7. The van der Waals surface area contributed by atoms with Crippen LogP contribution in [0.5, 0.6) is 0 Å². The first kappa shape index (κ1) is 48.7. The molecule has 0 aliphatic rings. The van der Waals surface area contributed by atoms with E-state index in [0.29, 0.717) is 12.8 Å². The summed E-state index contributed by atoms with van der Waals surface area (Å²) in [4.78, 5) is 0.144. The summed E-state index contributed by atoms with van der Waals surface area (Å²) in [6, 6.07) is 40.7. The Morgan fingerprint density at radius 3 is 1.09 bits per heavy atom. The molecule has 0 aliphatic heterocycles. The van der Waals surface area contributed by atoms with Crippen LogP contribution >= 0.6 is 0 Å². The molecule has 6 aromatic carbocycles. The number of halogens is 4. The van der Waals surface area contributed by atoms with Crippen LogP contribution in [-0.4, -0.2) is 29.9 Å². The molecular formula is C44H46F4N2O4S2Ti. The van der Waals surface area contributed by atoms with Gasteiger partial charge in [-0.1, -0.05) is 62.1 Å². The Kier molecular flexibility index (Phi) is 20.8. The van der Waals surface area contributed by atoms with Crippen molar-refractivity contribution >= 4 is 31.4 Å². The van der Waals surface area contributed by atoms with Crippen molar-refractivity contribution < 1.29 is 56.1 Å². The van der Waals surface area contributed by atoms with Crippen molar-refractivity contribution in [1.82, 2.24) is 0 Å². The predicted octanol–water partition coefficient (Wildman–Crippen LogP) is 10.9. The van der Waals surface area contributed by atoms with Gasteiger partial charge in [-0.05, 0) is 62.3 Å². The van der Waals surface area contributed by atoms with Crippen LogP contribution in [0.4, 0.5) is 28.9 Å². The zero-order valence-electron chi connectivity index (χ0n) is 32.3. The van der Waals surface area contributed by atoms with Crippen LogP contribution in [0.25, 0.3) is 0 Å². The molecule has 0 N–H and O–H groups in total. The van der Waals surface area contributed by atoms with Crippen molar-refractivity contribution in [3.05, 3.63) is 180 Å². The van der Waals surface area contributed by atoms with E-state index in [4.69, 9.17) is 0 Å². The van der Waals surface area contributed by atoms with E-state index >= 15 is 0 Å². The van der Waals surface area contributed by atoms with E-state index in [1.807, 2.05) is 100 Å². The van der Waals surface area contributed by atoms with Gasteiger partial charge in [-0.15, -0.1) is 36.4 Å². The summed E-state index contributed by atoms with van der Waals surface area (Å²) in [5.74, 6) is -3.77. The average molecular weight is 855 g/mol. The van der Waals surface area contributed by atoms with E-state index in [2.05, 4.69) is 0 Å². The molecule has 0 aliphatic carbocycles. The van der Waals surface area contributed by atoms with Crippen LogP contribution in [0.3, 0.4) is 0 Å². The van der Waals surface area contributed by atoms with Crippen LogP contribution in [-0.2, 0) is 41.8 Å². The van der Waals surface area contributed by atoms with Crippen molar-refractivity contribution in [2.45, 2.75) is 63.2 Å². The number of sulfonamides is 2. The molecule has 13 heteroatoms. The maximum absolute atomic E-state index is 14.0. The second-order valence-electron chi connectivity index (χ2n) is 12.4. The molecule has 0 fully saturated rings. The van der Waals surface area contributed by atoms with E-state index in [1.165, 1.54) is 24.3 Å². The Bertz CT molecular complexity index is 2040. The molecule has 0 saturated carbocycles. The van der Waals surface area contributed by atoms with Crippen LogP contribution in [0.2, 0.25) is 0 Å². The number of anilines is 2. The van der Waals surface area contributed by atoms with Crippen LogP contribution in [0, 0.1) is 49.2 Å². The third kappa shape index (κ3) is 15.1. The van der Waals surface area contributed by atoms with E-state index in [1.54, 1.807) is 24.3 Å². The molecule has 6 aromatic rings. The van der Waals surface area contributed by atoms with Crippen molar-refractivity contribution in [3.8, 4) is 0 Å². The molecule has 0 atom stereocenters. The number of hydrogen-bond donors (Lipinski definition) is 0. The zero-order chi connectivity index (χ0) is 41.1. The predicted molar refractivity (Wildman–Crippen MR) is 216 cm³/mol. The van der Waals surface area contributed by atoms with Gasteiger partial charge in [0.15, 0.2) is 0 Å². The standard InChI is InChI=1S/2C17H18F2NO2S.2C5H5.Ti/c2*1-3-4-11-20(17-10-7-14(18)12-16(17)19)23(21,22)15-8-5-13(2)6-9-15;2*1-2-4-5-3-1;/h2*5-10H,3-4,11H2,1-2H3;2*1-5H;/q4*-1;+4. The van der Waals surface area contributed by atoms with Gasteiger partial charge in [0, 0.05) is 36.4 Å². The summed E-state index contributed by atoms with van der Waals surface area (Å²) in [5.41, 5.74) is 1.46. The molecule has 300 valence electrons. The SMILES string of the molecule is CCCCN(c1ccc(F)[c-]c1F)S(=O)(=O)c1ccc(C)cc1.CCCCN(c1ccc(F)[c-]c1F)S(=O)(=O)c1ccc(C)cc1.[Ti+4].c1cc[cH-]c1.c1cc[cH-]c1. The maximum Gasteiger partial charge on any atom is 4.00 e. The zero-order valence-corrected chi connectivity index (χ0v) is 35.5. The molecule has 0 saturated heterocycles. The quantitative estimate of drug-likeness (QED) is 0.0698. The smallest absolute Gasteiger partial charge is 0.317 e. The largest absolute Gasteiger partial charge is 4.00 e. The summed E-state index contributed by atoms with van der Waals surface area (Å²) in [6.07, 6.45) is 2.60. The van der Waals surface area contributed by atoms with Crippen molar-refractivity contribution in [2.24, 2.45) is 0 Å². The van der Waals surface area contributed by atoms with E-state index in [0.717, 1.165) is 56.8 Å². The molecule has 0 unspecified atom stereocenters. The van der Waals surface area contributed by atoms with Crippen LogP contribution in [0.15, 0.2) is 143 Å². The summed E-state index contributed by atoms with van der Waals surface area (Å²) < 4.78 is 108. The number of benzene rings is 4. The average Bonchev–Trinajstić information content (AvgIpc) is 3.95. The molecule has 57 heavy (non-hydrogen) atoms. The fourth-order valence-electron chi connectivity index (χ4n) is 4.92. The minimum atomic E-state index is -3.93. The minimum Gasteiger partial charge on any atom is -0.317 e. The van der Waals surface area contributed by atoms with Gasteiger partial charge in [-0.25, -0.2) is 58.7 Å². The van der Waals surface area contributed by atoms with Gasteiger partial charge < -0.3 is 8.61 Å². The van der Waals surface area contributed by atoms with Gasteiger partial charge in [-0.2, -0.15) is 36.4 Å². The summed E-state index contributed by atoms with van der Waals surface area (Å²) in [5, 5.41) is 0. The molecule has 0 bridgehead atoms. The van der Waals surface area contributed by atoms with Crippen LogP contribution in [0.1, 0.15) is 50.7 Å². The second kappa shape index (κ2) is 24.3. The molecule has 0 aromatic heterocycles. The Labute approximate surface area is 350 Å². The molecule has 6 nitrogen and oxygen atoms in total. The monoisotopic (exact) mass is 854 g/mol. The minimum absolute atomic E-state index is 0. The third-order valence-electron chi connectivity index (χ3n) is 7.98. The Morgan fingerprint density at radius 2 is 0.842 bits per heavy atom. The summed E-state index contributed by atoms with van der Waals surface area (Å²) in [7, 11) is -7.86. The first-order valence-corrected chi connectivity index (χ1v) is 20.9. The third-order valence-corrected chi connectivity index (χ3v) is 11.6. The van der Waals surface area contributed by atoms with Crippen molar-refractivity contribution in [3.63, 3.8) is 0 Å². The number of rotatable bonds is 12. The normalized spacial score (nSPS) is 10.7. The van der Waals surface area contributed by atoms with Gasteiger partial charge in [0.2, 0.25) is 0 Å². The van der Waals surface area contributed by atoms with Gasteiger partial charge >= 0.3 is 21.7 Å². The van der Waals surface area contributed by atoms with Gasteiger partial charge in [0.1, 0.15) is 0 Å². The van der Waals surface area contributed by atoms with E-state index in [9.17, 15) is 34.4 Å². The fraction of sp³-hybridized carbons (Fsp3) is 0.227. The molecule has 0 heterocycles. The molecule has 0 amide bonds. The van der Waals surface area contributed by atoms with Crippen molar-refractivity contribution in [1.29, 1.82) is 0 Å². The number of unbranched alkanes of at least 4 members (excludes halogenated alkanes) is 2. The Morgan fingerprint density at radius 1 is 0.526 bits per heavy atom. The number of hydrogen-bond acceptors (Lipinski definition) is 4. The Balaban J connectivity index is 0.000000310. The fourth-order valence-corrected chi connectivity index (χ4v) is 7.92. The van der Waals surface area contributed by atoms with E-state index in [-0.39, 0.29) is 56.0 Å². The second-order valence-corrected chi connectivity index (χ2v) is 16.1. The maximum atomic E-state index is 14.0. The van der Waals surface area contributed by atoms with Gasteiger partial charge in [0.05, 0.1) is 9.79 Å². The van der Waals surface area contributed by atoms with E-state index < -0.39 is 43.3 Å². The van der Waals surface area contributed by atoms with Gasteiger partial charge in [-0.3, -0.25) is 0 Å².